The maximum atomic E-state index is 13.8. The van der Waals surface area contributed by atoms with Crippen LogP contribution in [-0.4, -0.2) is 45.2 Å². The van der Waals surface area contributed by atoms with Crippen LogP contribution in [0.5, 0.6) is 0 Å². The molecule has 2 aromatic carbocycles. The smallest absolute Gasteiger partial charge is 0.246 e. The molecule has 3 heterocycles. The second-order valence-electron chi connectivity index (χ2n) is 9.30. The van der Waals surface area contributed by atoms with E-state index < -0.39 is 6.04 Å². The Balaban J connectivity index is 1.48. The number of halogens is 1. The Morgan fingerprint density at radius 3 is 2.47 bits per heavy atom. The zero-order chi connectivity index (χ0) is 21.8. The lowest BCUT2D eigenvalue weighted by Gasteiger charge is -2.49. The fourth-order valence-electron chi connectivity index (χ4n) is 5.98. The molecule has 1 aromatic heterocycles. The first kappa shape index (κ1) is 19.9. The molecule has 0 spiro atoms. The van der Waals surface area contributed by atoms with Crippen LogP contribution in [0.2, 0.25) is 5.02 Å². The lowest BCUT2D eigenvalue weighted by Crippen LogP contribution is -2.64. The van der Waals surface area contributed by atoms with E-state index in [1.165, 1.54) is 6.42 Å². The molecule has 3 aromatic rings. The summed E-state index contributed by atoms with van der Waals surface area (Å²) in [6.07, 6.45) is 6.06. The van der Waals surface area contributed by atoms with Crippen LogP contribution < -0.4 is 0 Å². The van der Waals surface area contributed by atoms with Crippen molar-refractivity contribution in [3.05, 3.63) is 70.4 Å². The van der Waals surface area contributed by atoms with Gasteiger partial charge < -0.3 is 14.8 Å². The van der Waals surface area contributed by atoms with Gasteiger partial charge in [-0.3, -0.25) is 9.59 Å². The summed E-state index contributed by atoms with van der Waals surface area (Å²) in [5.41, 5.74) is 4.17. The van der Waals surface area contributed by atoms with Gasteiger partial charge in [-0.2, -0.15) is 0 Å². The summed E-state index contributed by atoms with van der Waals surface area (Å²) in [4.78, 5) is 34.7. The summed E-state index contributed by atoms with van der Waals surface area (Å²) >= 11 is 6.16. The summed E-state index contributed by atoms with van der Waals surface area (Å²) in [6.45, 7) is 0.180. The monoisotopic (exact) mass is 447 g/mol. The molecule has 2 amide bonds. The second kappa shape index (κ2) is 7.66. The molecule has 1 aliphatic carbocycles. The number of H-pyrrole nitrogens is 1. The van der Waals surface area contributed by atoms with Gasteiger partial charge in [-0.1, -0.05) is 61.2 Å². The van der Waals surface area contributed by atoms with Crippen molar-refractivity contribution in [2.75, 3.05) is 6.54 Å². The Morgan fingerprint density at radius 2 is 1.69 bits per heavy atom. The van der Waals surface area contributed by atoms with Crippen molar-refractivity contribution in [3.63, 3.8) is 0 Å². The van der Waals surface area contributed by atoms with Gasteiger partial charge in [0.25, 0.3) is 0 Å². The molecule has 164 valence electrons. The number of hydrogen-bond donors (Lipinski definition) is 1. The number of nitrogens with one attached hydrogen (secondary N) is 1. The quantitative estimate of drug-likeness (QED) is 0.611. The third kappa shape index (κ3) is 3.06. The van der Waals surface area contributed by atoms with Gasteiger partial charge in [-0.05, 0) is 42.2 Å². The molecular formula is C26H26ClN3O2. The molecule has 6 rings (SSSR count). The minimum atomic E-state index is -0.467. The number of aromatic amines is 1. The van der Waals surface area contributed by atoms with Gasteiger partial charge in [0.05, 0.1) is 6.04 Å². The minimum Gasteiger partial charge on any atom is -0.356 e. The third-order valence-corrected chi connectivity index (χ3v) is 7.75. The molecule has 1 N–H and O–H groups in total. The van der Waals surface area contributed by atoms with E-state index in [-0.39, 0.29) is 30.4 Å². The zero-order valence-corrected chi connectivity index (χ0v) is 18.6. The van der Waals surface area contributed by atoms with Gasteiger partial charge in [0, 0.05) is 34.1 Å². The molecule has 2 aliphatic heterocycles. The number of amides is 2. The molecule has 2 fully saturated rings. The molecular weight excluding hydrogens is 422 g/mol. The normalized spacial score (nSPS) is 24.0. The molecule has 0 radical (unpaired) electrons. The lowest BCUT2D eigenvalue weighted by atomic mass is 9.85. The van der Waals surface area contributed by atoms with E-state index in [1.54, 1.807) is 0 Å². The topological polar surface area (TPSA) is 56.4 Å². The van der Waals surface area contributed by atoms with E-state index in [1.807, 2.05) is 46.2 Å². The summed E-state index contributed by atoms with van der Waals surface area (Å²) in [7, 11) is 0. The number of aromatic nitrogens is 1. The lowest BCUT2D eigenvalue weighted by molar-refractivity contribution is -0.161. The highest BCUT2D eigenvalue weighted by Crippen LogP contribution is 2.43. The first-order valence-corrected chi connectivity index (χ1v) is 12.0. The molecule has 1 saturated carbocycles. The Morgan fingerprint density at radius 1 is 0.938 bits per heavy atom. The van der Waals surface area contributed by atoms with E-state index in [0.29, 0.717) is 11.4 Å². The number of rotatable bonds is 2. The number of benzene rings is 2. The number of para-hydroxylation sites is 1. The predicted octanol–water partition coefficient (Wildman–Crippen LogP) is 4.84. The van der Waals surface area contributed by atoms with Gasteiger partial charge in [0.2, 0.25) is 11.8 Å². The maximum absolute atomic E-state index is 13.8. The van der Waals surface area contributed by atoms with Crippen LogP contribution in [0.25, 0.3) is 10.9 Å². The highest BCUT2D eigenvalue weighted by molar-refractivity contribution is 6.30. The summed E-state index contributed by atoms with van der Waals surface area (Å²) in [5.74, 6) is 0.135. The highest BCUT2D eigenvalue weighted by atomic mass is 35.5. The van der Waals surface area contributed by atoms with Crippen molar-refractivity contribution in [2.24, 2.45) is 0 Å². The molecule has 0 bridgehead atoms. The average Bonchev–Trinajstić information content (AvgIpc) is 3.20. The van der Waals surface area contributed by atoms with Gasteiger partial charge in [0.15, 0.2) is 0 Å². The number of piperazine rings is 1. The van der Waals surface area contributed by atoms with Crippen LogP contribution >= 0.6 is 11.6 Å². The van der Waals surface area contributed by atoms with Crippen molar-refractivity contribution in [2.45, 2.75) is 56.7 Å². The van der Waals surface area contributed by atoms with E-state index >= 15 is 0 Å². The van der Waals surface area contributed by atoms with E-state index in [4.69, 9.17) is 11.6 Å². The van der Waals surface area contributed by atoms with E-state index in [2.05, 4.69) is 17.1 Å². The van der Waals surface area contributed by atoms with Crippen LogP contribution in [0.4, 0.5) is 0 Å². The first-order chi connectivity index (χ1) is 15.6. The number of nitrogens with zero attached hydrogens (tertiary/aromatic N) is 2. The number of hydrogen-bond acceptors (Lipinski definition) is 2. The van der Waals surface area contributed by atoms with Crippen LogP contribution in [0.1, 0.15) is 55.0 Å². The number of carbonyl (C=O) groups excluding carboxylic acids is 2. The van der Waals surface area contributed by atoms with Crippen molar-refractivity contribution in [1.82, 2.24) is 14.8 Å². The van der Waals surface area contributed by atoms with Gasteiger partial charge in [0.1, 0.15) is 12.6 Å². The Hall–Kier alpha value is -2.79. The fraction of sp³-hybridized carbons (Fsp3) is 0.385. The van der Waals surface area contributed by atoms with Crippen LogP contribution in [0.3, 0.4) is 0 Å². The highest BCUT2D eigenvalue weighted by Gasteiger charge is 2.49. The predicted molar refractivity (Wildman–Crippen MR) is 125 cm³/mol. The van der Waals surface area contributed by atoms with Gasteiger partial charge in [-0.15, -0.1) is 0 Å². The molecule has 6 heteroatoms. The van der Waals surface area contributed by atoms with Gasteiger partial charge in [-0.25, -0.2) is 0 Å². The molecule has 2 unspecified atom stereocenters. The zero-order valence-electron chi connectivity index (χ0n) is 17.9. The third-order valence-electron chi connectivity index (χ3n) is 7.49. The summed E-state index contributed by atoms with van der Waals surface area (Å²) < 4.78 is 0. The summed E-state index contributed by atoms with van der Waals surface area (Å²) in [5, 5.41) is 1.79. The molecule has 3 aliphatic rings. The Kier molecular flexibility index (Phi) is 4.76. The van der Waals surface area contributed by atoms with Crippen LogP contribution in [-0.2, 0) is 16.0 Å². The average molecular weight is 448 g/mol. The number of fused-ring (bicyclic) bond motifs is 4. The van der Waals surface area contributed by atoms with E-state index in [0.717, 1.165) is 53.4 Å². The first-order valence-electron chi connectivity index (χ1n) is 11.6. The van der Waals surface area contributed by atoms with Gasteiger partial charge >= 0.3 is 0 Å². The standard InChI is InChI=1S/C26H26ClN3O2/c27-17-12-10-16(11-13-17)25-24-20(19-8-4-5-9-21(19)28-24)14-22-26(32)29(15-23(31)30(22)25)18-6-2-1-3-7-18/h4-5,8-13,18,22,25,28H,1-3,6-7,14-15H2. The maximum Gasteiger partial charge on any atom is 0.246 e. The van der Waals surface area contributed by atoms with Crippen molar-refractivity contribution >= 4 is 34.3 Å². The second-order valence-corrected chi connectivity index (χ2v) is 9.73. The van der Waals surface area contributed by atoms with Crippen molar-refractivity contribution in [3.8, 4) is 0 Å². The fourth-order valence-corrected chi connectivity index (χ4v) is 6.11. The number of carbonyl (C=O) groups is 2. The largest absolute Gasteiger partial charge is 0.356 e. The van der Waals surface area contributed by atoms with Crippen LogP contribution in [0.15, 0.2) is 48.5 Å². The Labute approximate surface area is 192 Å². The minimum absolute atomic E-state index is 0.0319. The van der Waals surface area contributed by atoms with Crippen LogP contribution in [0, 0.1) is 0 Å². The molecule has 5 nitrogen and oxygen atoms in total. The molecule has 2 atom stereocenters. The molecule has 32 heavy (non-hydrogen) atoms. The molecule has 1 saturated heterocycles. The Bertz CT molecular complexity index is 1200. The van der Waals surface area contributed by atoms with E-state index in [9.17, 15) is 9.59 Å². The summed E-state index contributed by atoms with van der Waals surface area (Å²) in [6, 6.07) is 15.3. The van der Waals surface area contributed by atoms with Crippen molar-refractivity contribution < 1.29 is 9.59 Å². The SMILES string of the molecule is O=C1C2Cc3c([nH]c4ccccc34)C(c3ccc(Cl)cc3)N2C(=O)CN1C1CCCCC1. The van der Waals surface area contributed by atoms with Crippen molar-refractivity contribution in [1.29, 1.82) is 0 Å².